The van der Waals surface area contributed by atoms with Crippen molar-refractivity contribution in [3.05, 3.63) is 26.6 Å². The van der Waals surface area contributed by atoms with Gasteiger partial charge in [-0.1, -0.05) is 6.92 Å². The van der Waals surface area contributed by atoms with E-state index in [4.69, 9.17) is 4.74 Å². The van der Waals surface area contributed by atoms with E-state index in [2.05, 4.69) is 44.1 Å². The topological polar surface area (TPSA) is 41.5 Å². The van der Waals surface area contributed by atoms with Crippen LogP contribution in [0.5, 0.6) is 5.75 Å². The minimum atomic E-state index is 0.249. The van der Waals surface area contributed by atoms with Gasteiger partial charge in [0.1, 0.15) is 5.75 Å². The molecule has 2 rings (SSSR count). The first kappa shape index (κ1) is 15.3. The Morgan fingerprint density at radius 1 is 1.37 bits per heavy atom. The highest BCUT2D eigenvalue weighted by molar-refractivity contribution is 9.11. The molecule has 0 aliphatic carbocycles. The average Bonchev–Trinajstić information content (AvgIpc) is 2.83. The fourth-order valence-electron chi connectivity index (χ4n) is 2.50. The largest absolute Gasteiger partial charge is 0.506 e. The van der Waals surface area contributed by atoms with Crippen LogP contribution in [0.3, 0.4) is 0 Å². The Balaban J connectivity index is 1.86. The SMILES string of the molecule is CCC1OCCC1CNCc1cc(Br)c(O)c(Br)c1. The van der Waals surface area contributed by atoms with Gasteiger partial charge >= 0.3 is 0 Å². The standard InChI is InChI=1S/C14H19Br2NO2/c1-2-13-10(3-4-19-13)8-17-7-9-5-11(15)14(18)12(16)6-9/h5-6,10,13,17-18H,2-4,7-8H2,1H3. The summed E-state index contributed by atoms with van der Waals surface area (Å²) in [6, 6.07) is 3.88. The third kappa shape index (κ3) is 3.94. The number of phenols is 1. The van der Waals surface area contributed by atoms with Crippen molar-refractivity contribution in [1.82, 2.24) is 5.32 Å². The van der Waals surface area contributed by atoms with Gasteiger partial charge in [0.25, 0.3) is 0 Å². The molecule has 1 fully saturated rings. The van der Waals surface area contributed by atoms with Crippen LogP contribution in [0.15, 0.2) is 21.1 Å². The van der Waals surface area contributed by atoms with Gasteiger partial charge in [-0.2, -0.15) is 0 Å². The summed E-state index contributed by atoms with van der Waals surface area (Å²) in [5.74, 6) is 0.869. The summed E-state index contributed by atoms with van der Waals surface area (Å²) in [5, 5.41) is 13.1. The van der Waals surface area contributed by atoms with Gasteiger partial charge in [-0.05, 0) is 68.3 Å². The number of nitrogens with one attached hydrogen (secondary N) is 1. The highest BCUT2D eigenvalue weighted by Crippen LogP contribution is 2.33. The Bertz CT molecular complexity index is 416. The number of benzene rings is 1. The van der Waals surface area contributed by atoms with Crippen LogP contribution < -0.4 is 5.32 Å². The summed E-state index contributed by atoms with van der Waals surface area (Å²) in [4.78, 5) is 0. The van der Waals surface area contributed by atoms with Crippen LogP contribution in [-0.2, 0) is 11.3 Å². The van der Waals surface area contributed by atoms with Crippen molar-refractivity contribution in [3.63, 3.8) is 0 Å². The molecule has 0 spiro atoms. The van der Waals surface area contributed by atoms with Gasteiger partial charge < -0.3 is 15.2 Å². The second kappa shape index (κ2) is 7.07. The van der Waals surface area contributed by atoms with Crippen molar-refractivity contribution in [3.8, 4) is 5.75 Å². The second-order valence-electron chi connectivity index (χ2n) is 4.91. The third-order valence-corrected chi connectivity index (χ3v) is 4.77. The van der Waals surface area contributed by atoms with Crippen LogP contribution >= 0.6 is 31.9 Å². The van der Waals surface area contributed by atoms with Crippen molar-refractivity contribution in [2.45, 2.75) is 32.4 Å². The molecule has 1 aliphatic heterocycles. The van der Waals surface area contributed by atoms with Gasteiger partial charge in [-0.25, -0.2) is 0 Å². The molecule has 1 aromatic carbocycles. The van der Waals surface area contributed by atoms with Gasteiger partial charge in [0.15, 0.2) is 0 Å². The molecular weight excluding hydrogens is 374 g/mol. The van der Waals surface area contributed by atoms with Crippen LogP contribution in [0.1, 0.15) is 25.3 Å². The molecule has 0 aromatic heterocycles. The first-order valence-corrected chi connectivity index (χ1v) is 8.19. The summed E-state index contributed by atoms with van der Waals surface area (Å²) in [6.07, 6.45) is 2.64. The quantitative estimate of drug-likeness (QED) is 0.800. The van der Waals surface area contributed by atoms with E-state index in [0.29, 0.717) is 21.0 Å². The zero-order valence-electron chi connectivity index (χ0n) is 11.0. The minimum Gasteiger partial charge on any atom is -0.506 e. The molecule has 0 saturated carbocycles. The number of ether oxygens (including phenoxy) is 1. The van der Waals surface area contributed by atoms with Crippen LogP contribution in [-0.4, -0.2) is 24.4 Å². The summed E-state index contributed by atoms with van der Waals surface area (Å²) in [6.45, 7) is 4.84. The molecule has 1 aliphatic rings. The zero-order chi connectivity index (χ0) is 13.8. The molecule has 1 aromatic rings. The van der Waals surface area contributed by atoms with Gasteiger partial charge in [-0.3, -0.25) is 0 Å². The molecular formula is C14H19Br2NO2. The van der Waals surface area contributed by atoms with Gasteiger partial charge in [-0.15, -0.1) is 0 Å². The maximum Gasteiger partial charge on any atom is 0.143 e. The molecule has 0 amide bonds. The molecule has 1 saturated heterocycles. The van der Waals surface area contributed by atoms with Gasteiger partial charge in [0.05, 0.1) is 15.0 Å². The van der Waals surface area contributed by atoms with Crippen LogP contribution in [0, 0.1) is 5.92 Å². The molecule has 2 N–H and O–H groups in total. The lowest BCUT2D eigenvalue weighted by Gasteiger charge is -2.17. The molecule has 2 atom stereocenters. The van der Waals surface area contributed by atoms with E-state index in [1.807, 2.05) is 12.1 Å². The second-order valence-corrected chi connectivity index (χ2v) is 6.61. The molecule has 0 radical (unpaired) electrons. The number of rotatable bonds is 5. The normalized spacial score (nSPS) is 22.9. The van der Waals surface area contributed by atoms with E-state index in [1.165, 1.54) is 0 Å². The van der Waals surface area contributed by atoms with Crippen molar-refractivity contribution < 1.29 is 9.84 Å². The van der Waals surface area contributed by atoms with E-state index in [0.717, 1.165) is 38.1 Å². The lowest BCUT2D eigenvalue weighted by Crippen LogP contribution is -2.27. The Hall–Kier alpha value is -0.100. The fourth-order valence-corrected chi connectivity index (χ4v) is 3.78. The Labute approximate surface area is 131 Å². The average molecular weight is 393 g/mol. The van der Waals surface area contributed by atoms with Gasteiger partial charge in [0.2, 0.25) is 0 Å². The summed E-state index contributed by atoms with van der Waals surface area (Å²) < 4.78 is 7.12. The van der Waals surface area contributed by atoms with Crippen molar-refractivity contribution >= 4 is 31.9 Å². The minimum absolute atomic E-state index is 0.249. The molecule has 19 heavy (non-hydrogen) atoms. The van der Waals surface area contributed by atoms with Crippen LogP contribution in [0.25, 0.3) is 0 Å². The number of hydrogen-bond acceptors (Lipinski definition) is 3. The van der Waals surface area contributed by atoms with E-state index in [1.54, 1.807) is 0 Å². The Kier molecular flexibility index (Phi) is 5.69. The predicted octanol–water partition coefficient (Wildman–Crippen LogP) is 3.82. The predicted molar refractivity (Wildman–Crippen MR) is 83.4 cm³/mol. The first-order chi connectivity index (χ1) is 9.11. The maximum atomic E-state index is 9.66. The highest BCUT2D eigenvalue weighted by atomic mass is 79.9. The lowest BCUT2D eigenvalue weighted by molar-refractivity contribution is 0.0872. The van der Waals surface area contributed by atoms with E-state index in [9.17, 15) is 5.11 Å². The molecule has 106 valence electrons. The summed E-state index contributed by atoms with van der Waals surface area (Å²) in [5.41, 5.74) is 1.14. The maximum absolute atomic E-state index is 9.66. The molecule has 2 unspecified atom stereocenters. The first-order valence-electron chi connectivity index (χ1n) is 6.61. The Morgan fingerprint density at radius 3 is 2.68 bits per heavy atom. The number of aromatic hydroxyl groups is 1. The third-order valence-electron chi connectivity index (χ3n) is 3.56. The van der Waals surface area contributed by atoms with Crippen molar-refractivity contribution in [1.29, 1.82) is 0 Å². The molecule has 3 nitrogen and oxygen atoms in total. The molecule has 0 bridgehead atoms. The number of hydrogen-bond donors (Lipinski definition) is 2. The number of halogens is 2. The Morgan fingerprint density at radius 2 is 2.05 bits per heavy atom. The monoisotopic (exact) mass is 391 g/mol. The van der Waals surface area contributed by atoms with Crippen LogP contribution in [0.4, 0.5) is 0 Å². The summed E-state index contributed by atoms with van der Waals surface area (Å²) in [7, 11) is 0. The van der Waals surface area contributed by atoms with Crippen LogP contribution in [0.2, 0.25) is 0 Å². The smallest absolute Gasteiger partial charge is 0.143 e. The van der Waals surface area contributed by atoms with E-state index >= 15 is 0 Å². The molecule has 5 heteroatoms. The van der Waals surface area contributed by atoms with Gasteiger partial charge in [0, 0.05) is 19.7 Å². The zero-order valence-corrected chi connectivity index (χ0v) is 14.1. The molecule has 1 heterocycles. The van der Waals surface area contributed by atoms with Crippen molar-refractivity contribution in [2.75, 3.05) is 13.2 Å². The lowest BCUT2D eigenvalue weighted by atomic mass is 9.99. The number of phenolic OH excluding ortho intramolecular Hbond substituents is 1. The van der Waals surface area contributed by atoms with Crippen molar-refractivity contribution in [2.24, 2.45) is 5.92 Å². The van der Waals surface area contributed by atoms with E-state index in [-0.39, 0.29) is 5.75 Å². The fraction of sp³-hybridized carbons (Fsp3) is 0.571. The summed E-state index contributed by atoms with van der Waals surface area (Å²) >= 11 is 6.70. The van der Waals surface area contributed by atoms with E-state index < -0.39 is 0 Å². The highest BCUT2D eigenvalue weighted by Gasteiger charge is 2.25.